The van der Waals surface area contributed by atoms with Crippen molar-refractivity contribution in [2.24, 2.45) is 11.1 Å². The third-order valence-corrected chi connectivity index (χ3v) is 6.28. The molecule has 3 aromatic carbocycles. The minimum Gasteiger partial charge on any atom is -0.460 e. The molecular formula is C29H33ClFNO3. The number of esters is 1. The summed E-state index contributed by atoms with van der Waals surface area (Å²) in [6.45, 7) is 4.73. The quantitative estimate of drug-likeness (QED) is 0.287. The molecule has 3 rings (SSSR count). The van der Waals surface area contributed by atoms with Gasteiger partial charge in [0.15, 0.2) is 0 Å². The first kappa shape index (κ1) is 26.9. The molecule has 0 unspecified atom stereocenters. The summed E-state index contributed by atoms with van der Waals surface area (Å²) in [7, 11) is 0. The molecule has 4 nitrogen and oxygen atoms in total. The number of hydrogen-bond donors (Lipinski definition) is 1. The number of benzene rings is 3. The van der Waals surface area contributed by atoms with Crippen LogP contribution in [0.15, 0.2) is 72.8 Å². The Labute approximate surface area is 212 Å². The molecule has 0 amide bonds. The van der Waals surface area contributed by atoms with Crippen LogP contribution in [0.5, 0.6) is 0 Å². The predicted molar refractivity (Wildman–Crippen MR) is 139 cm³/mol. The van der Waals surface area contributed by atoms with Crippen LogP contribution in [0.4, 0.5) is 4.39 Å². The van der Waals surface area contributed by atoms with Crippen molar-refractivity contribution >= 4 is 17.6 Å². The van der Waals surface area contributed by atoms with Gasteiger partial charge in [-0.05, 0) is 68.0 Å². The van der Waals surface area contributed by atoms with E-state index < -0.39 is 5.41 Å². The van der Waals surface area contributed by atoms with E-state index in [1.54, 1.807) is 6.07 Å². The number of halogens is 2. The van der Waals surface area contributed by atoms with Crippen molar-refractivity contribution in [3.05, 3.63) is 94.8 Å². The second-order valence-electron chi connectivity index (χ2n) is 9.08. The van der Waals surface area contributed by atoms with Crippen molar-refractivity contribution in [3.8, 4) is 11.1 Å². The zero-order valence-electron chi connectivity index (χ0n) is 20.3. The van der Waals surface area contributed by atoms with Crippen molar-refractivity contribution < 1.29 is 18.7 Å². The van der Waals surface area contributed by atoms with Gasteiger partial charge in [0.2, 0.25) is 0 Å². The third-order valence-electron chi connectivity index (χ3n) is 6.04. The SMILES string of the molecule is CCOC[C@](C)(C[C@H](N)CCc1ccc(-c2cc(Cl)ccc2F)cc1)C(=O)OCc1ccccc1. The fourth-order valence-corrected chi connectivity index (χ4v) is 4.20. The molecule has 35 heavy (non-hydrogen) atoms. The van der Waals surface area contributed by atoms with Crippen LogP contribution in [0, 0.1) is 11.2 Å². The Kier molecular flexibility index (Phi) is 9.84. The number of hydrogen-bond acceptors (Lipinski definition) is 4. The Hall–Kier alpha value is -2.73. The number of rotatable bonds is 12. The van der Waals surface area contributed by atoms with E-state index in [4.69, 9.17) is 26.8 Å². The van der Waals surface area contributed by atoms with E-state index in [-0.39, 0.29) is 31.0 Å². The van der Waals surface area contributed by atoms with Crippen LogP contribution >= 0.6 is 11.6 Å². The van der Waals surface area contributed by atoms with E-state index in [0.717, 1.165) is 23.1 Å². The van der Waals surface area contributed by atoms with Gasteiger partial charge in [0.1, 0.15) is 12.4 Å². The summed E-state index contributed by atoms with van der Waals surface area (Å²) in [5.41, 5.74) is 8.88. The molecule has 6 heteroatoms. The van der Waals surface area contributed by atoms with Crippen molar-refractivity contribution in [2.75, 3.05) is 13.2 Å². The summed E-state index contributed by atoms with van der Waals surface area (Å²) >= 11 is 6.02. The standard InChI is InChI=1S/C29H33ClFNO3/c1-3-34-20-29(2,28(33)35-19-22-7-5-4-6-8-22)18-25(32)15-11-21-9-12-23(13-10-21)26-17-24(30)14-16-27(26)31/h4-10,12-14,16-17,25H,3,11,15,18-20,32H2,1-2H3/t25-,29+/m1/s1. The fourth-order valence-electron chi connectivity index (χ4n) is 4.03. The van der Waals surface area contributed by atoms with Gasteiger partial charge in [0.05, 0.1) is 12.0 Å². The highest BCUT2D eigenvalue weighted by atomic mass is 35.5. The van der Waals surface area contributed by atoms with Gasteiger partial charge in [0, 0.05) is 23.2 Å². The number of ether oxygens (including phenoxy) is 2. The summed E-state index contributed by atoms with van der Waals surface area (Å²) < 4.78 is 25.4. The summed E-state index contributed by atoms with van der Waals surface area (Å²) in [6, 6.07) is 21.6. The summed E-state index contributed by atoms with van der Waals surface area (Å²) in [5.74, 6) is -0.616. The summed E-state index contributed by atoms with van der Waals surface area (Å²) in [6.07, 6.45) is 1.88. The Morgan fingerprint density at radius 1 is 1.06 bits per heavy atom. The van der Waals surface area contributed by atoms with E-state index in [9.17, 15) is 9.18 Å². The molecule has 0 aromatic heterocycles. The molecule has 0 aliphatic heterocycles. The highest BCUT2D eigenvalue weighted by Gasteiger charge is 2.37. The Balaban J connectivity index is 1.58. The molecule has 3 aromatic rings. The normalized spacial score (nSPS) is 13.7. The molecule has 0 saturated heterocycles. The van der Waals surface area contributed by atoms with E-state index in [1.165, 1.54) is 12.1 Å². The highest BCUT2D eigenvalue weighted by Crippen LogP contribution is 2.29. The molecule has 0 aliphatic rings. The lowest BCUT2D eigenvalue weighted by Crippen LogP contribution is -2.40. The first-order valence-electron chi connectivity index (χ1n) is 11.9. The van der Waals surface area contributed by atoms with E-state index in [2.05, 4.69) is 0 Å². The van der Waals surface area contributed by atoms with E-state index in [0.29, 0.717) is 30.0 Å². The number of carbonyl (C=O) groups excluding carboxylic acids is 1. The zero-order valence-corrected chi connectivity index (χ0v) is 21.1. The summed E-state index contributed by atoms with van der Waals surface area (Å²) in [5, 5.41) is 0.494. The summed E-state index contributed by atoms with van der Waals surface area (Å²) in [4.78, 5) is 13.0. The van der Waals surface area contributed by atoms with Crippen molar-refractivity contribution in [1.29, 1.82) is 0 Å². The maximum atomic E-state index is 14.1. The van der Waals surface area contributed by atoms with Crippen LogP contribution in [0.25, 0.3) is 11.1 Å². The third kappa shape index (κ3) is 7.89. The topological polar surface area (TPSA) is 61.5 Å². The smallest absolute Gasteiger partial charge is 0.314 e. The molecule has 0 heterocycles. The second-order valence-corrected chi connectivity index (χ2v) is 9.52. The van der Waals surface area contributed by atoms with Gasteiger partial charge >= 0.3 is 5.97 Å². The second kappa shape index (κ2) is 12.8. The Morgan fingerprint density at radius 3 is 2.46 bits per heavy atom. The van der Waals surface area contributed by atoms with Gasteiger partial charge in [-0.3, -0.25) is 4.79 Å². The largest absolute Gasteiger partial charge is 0.460 e. The van der Waals surface area contributed by atoms with Crippen LogP contribution in [-0.2, 0) is 27.3 Å². The fraction of sp³-hybridized carbons (Fsp3) is 0.345. The zero-order chi connectivity index (χ0) is 25.3. The first-order valence-corrected chi connectivity index (χ1v) is 12.3. The van der Waals surface area contributed by atoms with Crippen LogP contribution in [0.1, 0.15) is 37.8 Å². The molecular weight excluding hydrogens is 465 g/mol. The minimum atomic E-state index is -0.835. The van der Waals surface area contributed by atoms with Gasteiger partial charge < -0.3 is 15.2 Å². The molecule has 0 saturated carbocycles. The molecule has 0 bridgehead atoms. The molecule has 2 atom stereocenters. The molecule has 0 aliphatic carbocycles. The van der Waals surface area contributed by atoms with Gasteiger partial charge in [-0.2, -0.15) is 0 Å². The number of aryl methyl sites for hydroxylation is 1. The van der Waals surface area contributed by atoms with Crippen molar-refractivity contribution in [1.82, 2.24) is 0 Å². The highest BCUT2D eigenvalue weighted by molar-refractivity contribution is 6.30. The lowest BCUT2D eigenvalue weighted by atomic mass is 9.83. The van der Waals surface area contributed by atoms with Gasteiger partial charge in [-0.15, -0.1) is 0 Å². The monoisotopic (exact) mass is 497 g/mol. The van der Waals surface area contributed by atoms with Crippen LogP contribution < -0.4 is 5.73 Å². The first-order chi connectivity index (χ1) is 16.8. The van der Waals surface area contributed by atoms with Crippen molar-refractivity contribution in [2.45, 2.75) is 45.8 Å². The van der Waals surface area contributed by atoms with Crippen LogP contribution in [0.3, 0.4) is 0 Å². The molecule has 2 N–H and O–H groups in total. The molecule has 0 fully saturated rings. The van der Waals surface area contributed by atoms with Crippen LogP contribution in [-0.4, -0.2) is 25.2 Å². The van der Waals surface area contributed by atoms with E-state index in [1.807, 2.05) is 68.4 Å². The van der Waals surface area contributed by atoms with Gasteiger partial charge in [0.25, 0.3) is 0 Å². The molecule has 0 radical (unpaired) electrons. The minimum absolute atomic E-state index is 0.213. The predicted octanol–water partition coefficient (Wildman–Crippen LogP) is 6.58. The van der Waals surface area contributed by atoms with Gasteiger partial charge in [-0.1, -0.05) is 66.2 Å². The Bertz CT molecular complexity index is 1090. The molecule has 0 spiro atoms. The van der Waals surface area contributed by atoms with Crippen molar-refractivity contribution in [3.63, 3.8) is 0 Å². The average molecular weight is 498 g/mol. The maximum absolute atomic E-state index is 14.1. The number of carbonyl (C=O) groups is 1. The Morgan fingerprint density at radius 2 is 1.77 bits per heavy atom. The maximum Gasteiger partial charge on any atom is 0.314 e. The van der Waals surface area contributed by atoms with Gasteiger partial charge in [-0.25, -0.2) is 4.39 Å². The van der Waals surface area contributed by atoms with E-state index >= 15 is 0 Å². The lowest BCUT2D eigenvalue weighted by Gasteiger charge is -2.30. The average Bonchev–Trinajstić information content (AvgIpc) is 2.87. The van der Waals surface area contributed by atoms with Crippen LogP contribution in [0.2, 0.25) is 5.02 Å². The number of nitrogens with two attached hydrogens (primary N) is 1. The lowest BCUT2D eigenvalue weighted by molar-refractivity contribution is -0.161. The molecule has 186 valence electrons.